The summed E-state index contributed by atoms with van der Waals surface area (Å²) >= 11 is 5.80. The van der Waals surface area contributed by atoms with Gasteiger partial charge in [0.05, 0.1) is 17.1 Å². The fourth-order valence-corrected chi connectivity index (χ4v) is 4.27. The number of rotatable bonds is 4. The fraction of sp³-hybridized carbons (Fsp3) is 0.250. The Morgan fingerprint density at radius 3 is 2.50 bits per heavy atom. The van der Waals surface area contributed by atoms with E-state index in [4.69, 9.17) is 11.6 Å². The van der Waals surface area contributed by atoms with Gasteiger partial charge in [-0.25, -0.2) is 13.4 Å². The van der Waals surface area contributed by atoms with Gasteiger partial charge in [-0.05, 0) is 42.8 Å². The zero-order chi connectivity index (χ0) is 17.2. The van der Waals surface area contributed by atoms with Gasteiger partial charge in [0.2, 0.25) is 0 Å². The number of sulfone groups is 1. The Morgan fingerprint density at radius 1 is 1.17 bits per heavy atom. The molecule has 1 amide bonds. The lowest BCUT2D eigenvalue weighted by Crippen LogP contribution is -2.21. The Hall–Kier alpha value is -2.12. The molecule has 24 heavy (non-hydrogen) atoms. The van der Waals surface area contributed by atoms with Gasteiger partial charge in [-0.15, -0.1) is 0 Å². The van der Waals surface area contributed by atoms with Crippen molar-refractivity contribution in [3.63, 3.8) is 0 Å². The van der Waals surface area contributed by atoms with Crippen LogP contribution in [0.25, 0.3) is 0 Å². The third-order valence-corrected chi connectivity index (χ3v) is 5.73. The normalized spacial score (nSPS) is 19.0. The van der Waals surface area contributed by atoms with Crippen LogP contribution in [0.15, 0.2) is 42.6 Å². The van der Waals surface area contributed by atoms with Gasteiger partial charge in [-0.1, -0.05) is 11.6 Å². The van der Waals surface area contributed by atoms with E-state index in [2.05, 4.69) is 15.6 Å². The van der Waals surface area contributed by atoms with Crippen molar-refractivity contribution >= 4 is 38.9 Å². The van der Waals surface area contributed by atoms with Gasteiger partial charge in [-0.3, -0.25) is 4.79 Å². The van der Waals surface area contributed by atoms with E-state index in [-0.39, 0.29) is 23.5 Å². The van der Waals surface area contributed by atoms with E-state index < -0.39 is 9.84 Å². The number of carbonyl (C=O) groups excluding carboxylic acids is 1. The molecule has 0 saturated carbocycles. The van der Waals surface area contributed by atoms with Crippen LogP contribution in [0, 0.1) is 0 Å². The number of pyridine rings is 1. The average molecular weight is 366 g/mol. The first kappa shape index (κ1) is 16.7. The maximum atomic E-state index is 12.2. The van der Waals surface area contributed by atoms with Crippen LogP contribution in [0.3, 0.4) is 0 Å². The number of carbonyl (C=O) groups is 1. The number of aromatic nitrogens is 1. The highest BCUT2D eigenvalue weighted by molar-refractivity contribution is 7.91. The first-order chi connectivity index (χ1) is 11.4. The Labute approximate surface area is 145 Å². The largest absolute Gasteiger partial charge is 0.366 e. The Kier molecular flexibility index (Phi) is 4.73. The van der Waals surface area contributed by atoms with Gasteiger partial charge in [0.25, 0.3) is 5.91 Å². The molecule has 8 heteroatoms. The molecule has 1 unspecified atom stereocenters. The maximum absolute atomic E-state index is 12.2. The standard InChI is InChI=1S/C16H16ClN3O3S/c17-12-2-4-13(5-3-12)20-16(21)11-1-6-15(18-9-11)19-14-7-8-24(22,23)10-14/h1-6,9,14H,7-8,10H2,(H,18,19)(H,20,21). The van der Waals surface area contributed by atoms with Crippen molar-refractivity contribution in [1.29, 1.82) is 0 Å². The van der Waals surface area contributed by atoms with Crippen molar-refractivity contribution in [2.75, 3.05) is 22.1 Å². The third-order valence-electron chi connectivity index (χ3n) is 3.71. The number of hydrogen-bond acceptors (Lipinski definition) is 5. The van der Waals surface area contributed by atoms with Crippen molar-refractivity contribution in [1.82, 2.24) is 4.98 Å². The average Bonchev–Trinajstić information content (AvgIpc) is 2.89. The number of nitrogens with one attached hydrogen (secondary N) is 2. The van der Waals surface area contributed by atoms with E-state index in [0.717, 1.165) is 0 Å². The predicted molar refractivity (Wildman–Crippen MR) is 94.3 cm³/mol. The molecule has 126 valence electrons. The van der Waals surface area contributed by atoms with E-state index in [0.29, 0.717) is 28.5 Å². The second-order valence-electron chi connectivity index (χ2n) is 5.64. The van der Waals surface area contributed by atoms with Gasteiger partial charge in [0, 0.05) is 22.9 Å². The molecule has 1 atom stereocenters. The van der Waals surface area contributed by atoms with Crippen molar-refractivity contribution < 1.29 is 13.2 Å². The minimum Gasteiger partial charge on any atom is -0.366 e. The van der Waals surface area contributed by atoms with Crippen LogP contribution in [-0.2, 0) is 9.84 Å². The van der Waals surface area contributed by atoms with Gasteiger partial charge in [0.1, 0.15) is 5.82 Å². The lowest BCUT2D eigenvalue weighted by atomic mass is 10.2. The topological polar surface area (TPSA) is 88.2 Å². The minimum absolute atomic E-state index is 0.119. The summed E-state index contributed by atoms with van der Waals surface area (Å²) in [5, 5.41) is 6.43. The Morgan fingerprint density at radius 2 is 1.92 bits per heavy atom. The highest BCUT2D eigenvalue weighted by Crippen LogP contribution is 2.17. The second kappa shape index (κ2) is 6.78. The molecule has 2 aromatic rings. The molecule has 1 aliphatic rings. The quantitative estimate of drug-likeness (QED) is 0.869. The first-order valence-electron chi connectivity index (χ1n) is 7.41. The van der Waals surface area contributed by atoms with Crippen LogP contribution in [0.1, 0.15) is 16.8 Å². The fourth-order valence-electron chi connectivity index (χ4n) is 2.47. The van der Waals surface area contributed by atoms with E-state index in [1.54, 1.807) is 36.4 Å². The highest BCUT2D eigenvalue weighted by atomic mass is 35.5. The molecular formula is C16H16ClN3O3S. The monoisotopic (exact) mass is 365 g/mol. The molecule has 6 nitrogen and oxygen atoms in total. The van der Waals surface area contributed by atoms with Crippen molar-refractivity contribution in [2.45, 2.75) is 12.5 Å². The third kappa shape index (κ3) is 4.24. The number of nitrogens with zero attached hydrogens (tertiary/aromatic N) is 1. The van der Waals surface area contributed by atoms with Crippen LogP contribution >= 0.6 is 11.6 Å². The molecule has 1 fully saturated rings. The first-order valence-corrected chi connectivity index (χ1v) is 9.61. The van der Waals surface area contributed by atoms with Crippen molar-refractivity contribution in [3.8, 4) is 0 Å². The number of amides is 1. The van der Waals surface area contributed by atoms with Crippen LogP contribution in [-0.4, -0.2) is 36.9 Å². The van der Waals surface area contributed by atoms with Crippen molar-refractivity contribution in [3.05, 3.63) is 53.2 Å². The molecular weight excluding hydrogens is 350 g/mol. The molecule has 1 aromatic carbocycles. The summed E-state index contributed by atoms with van der Waals surface area (Å²) in [7, 11) is -2.94. The molecule has 2 heterocycles. The van der Waals surface area contributed by atoms with Crippen LogP contribution in [0.2, 0.25) is 5.02 Å². The summed E-state index contributed by atoms with van der Waals surface area (Å²) < 4.78 is 22.9. The van der Waals surface area contributed by atoms with Gasteiger partial charge < -0.3 is 10.6 Å². The Bertz CT molecular complexity index is 836. The highest BCUT2D eigenvalue weighted by Gasteiger charge is 2.27. The molecule has 0 radical (unpaired) electrons. The van der Waals surface area contributed by atoms with E-state index in [1.165, 1.54) is 6.20 Å². The molecule has 3 rings (SSSR count). The summed E-state index contributed by atoms with van der Waals surface area (Å²) in [5.41, 5.74) is 1.05. The zero-order valence-electron chi connectivity index (χ0n) is 12.7. The molecule has 2 N–H and O–H groups in total. The lowest BCUT2D eigenvalue weighted by molar-refractivity contribution is 0.102. The lowest BCUT2D eigenvalue weighted by Gasteiger charge is -2.11. The summed E-state index contributed by atoms with van der Waals surface area (Å²) in [6, 6.07) is 9.99. The molecule has 1 aromatic heterocycles. The van der Waals surface area contributed by atoms with E-state index in [1.807, 2.05) is 0 Å². The van der Waals surface area contributed by atoms with Gasteiger partial charge in [0.15, 0.2) is 9.84 Å². The molecule has 0 spiro atoms. The number of hydrogen-bond donors (Lipinski definition) is 2. The Balaban J connectivity index is 1.61. The van der Waals surface area contributed by atoms with Crippen LogP contribution in [0.4, 0.5) is 11.5 Å². The summed E-state index contributed by atoms with van der Waals surface area (Å²) in [4.78, 5) is 16.3. The maximum Gasteiger partial charge on any atom is 0.257 e. The predicted octanol–water partition coefficient (Wildman–Crippen LogP) is 2.59. The van der Waals surface area contributed by atoms with Gasteiger partial charge >= 0.3 is 0 Å². The molecule has 0 bridgehead atoms. The summed E-state index contributed by atoms with van der Waals surface area (Å²) in [5.74, 6) is 0.597. The second-order valence-corrected chi connectivity index (χ2v) is 8.30. The van der Waals surface area contributed by atoms with Crippen LogP contribution < -0.4 is 10.6 Å². The summed E-state index contributed by atoms with van der Waals surface area (Å²) in [6.45, 7) is 0. The molecule has 1 aliphatic heterocycles. The summed E-state index contributed by atoms with van der Waals surface area (Å²) in [6.07, 6.45) is 2.03. The number of anilines is 2. The smallest absolute Gasteiger partial charge is 0.257 e. The minimum atomic E-state index is -2.94. The molecule has 0 aliphatic carbocycles. The number of halogens is 1. The van der Waals surface area contributed by atoms with Crippen molar-refractivity contribution in [2.24, 2.45) is 0 Å². The molecule has 1 saturated heterocycles. The van der Waals surface area contributed by atoms with E-state index >= 15 is 0 Å². The van der Waals surface area contributed by atoms with E-state index in [9.17, 15) is 13.2 Å². The number of benzene rings is 1. The van der Waals surface area contributed by atoms with Gasteiger partial charge in [-0.2, -0.15) is 0 Å². The SMILES string of the molecule is O=C(Nc1ccc(Cl)cc1)c1ccc(NC2CCS(=O)(=O)C2)nc1. The van der Waals surface area contributed by atoms with Crippen LogP contribution in [0.5, 0.6) is 0 Å². The zero-order valence-corrected chi connectivity index (χ0v) is 14.3.